The van der Waals surface area contributed by atoms with Gasteiger partial charge in [-0.3, -0.25) is 14.7 Å². The molecule has 5 heteroatoms. The van der Waals surface area contributed by atoms with Gasteiger partial charge < -0.3 is 9.88 Å². The van der Waals surface area contributed by atoms with Gasteiger partial charge in [-0.2, -0.15) is 0 Å². The van der Waals surface area contributed by atoms with E-state index in [1.165, 1.54) is 38.9 Å². The van der Waals surface area contributed by atoms with Gasteiger partial charge in [0.15, 0.2) is 0 Å². The highest BCUT2D eigenvalue weighted by molar-refractivity contribution is 5.92. The van der Waals surface area contributed by atoms with E-state index in [0.717, 1.165) is 64.1 Å². The largest absolute Gasteiger partial charge is 0.354 e. The fourth-order valence-electron chi connectivity index (χ4n) is 6.88. The number of aromatic nitrogens is 2. The zero-order chi connectivity index (χ0) is 27.6. The van der Waals surface area contributed by atoms with Crippen LogP contribution < -0.4 is 0 Å². The number of amides is 1. The standard InChI is InChI=1S/C35H42N4O/c1-24(2)33-31-22-29(9-10-32(31)37-34(33)30-11-16-36-25(3)21-30)27-14-19-39(20-15-27)35(40)28-12-17-38(18-13-28)23-26-7-5-4-6-8-26/h4-11,16,21-22,24,27-28,37H,12-15,17-20,23H2,1-3H3. The second-order valence-corrected chi connectivity index (χ2v) is 12.2. The molecular formula is C35H42N4O. The lowest BCUT2D eigenvalue weighted by Crippen LogP contribution is -2.45. The molecule has 0 spiro atoms. The van der Waals surface area contributed by atoms with E-state index in [4.69, 9.17) is 0 Å². The van der Waals surface area contributed by atoms with Gasteiger partial charge in [-0.1, -0.05) is 50.2 Å². The maximum absolute atomic E-state index is 13.4. The molecule has 1 N–H and O–H groups in total. The summed E-state index contributed by atoms with van der Waals surface area (Å²) in [6, 6.07) is 21.9. The summed E-state index contributed by atoms with van der Waals surface area (Å²) in [5, 5.41) is 1.33. The topological polar surface area (TPSA) is 52.2 Å². The van der Waals surface area contributed by atoms with Crippen LogP contribution in [0.4, 0.5) is 0 Å². The molecule has 0 unspecified atom stereocenters. The van der Waals surface area contributed by atoms with Crippen LogP contribution >= 0.6 is 0 Å². The number of fused-ring (bicyclic) bond motifs is 1. The highest BCUT2D eigenvalue weighted by atomic mass is 16.2. The third-order valence-electron chi connectivity index (χ3n) is 9.09. The van der Waals surface area contributed by atoms with Crippen LogP contribution in [0.15, 0.2) is 66.9 Å². The number of carbonyl (C=O) groups excluding carboxylic acids is 1. The van der Waals surface area contributed by atoms with Crippen molar-refractivity contribution < 1.29 is 4.79 Å². The number of aromatic amines is 1. The highest BCUT2D eigenvalue weighted by Gasteiger charge is 2.31. The van der Waals surface area contributed by atoms with Gasteiger partial charge in [0.2, 0.25) is 5.91 Å². The van der Waals surface area contributed by atoms with Crippen molar-refractivity contribution in [1.29, 1.82) is 0 Å². The first-order valence-electron chi connectivity index (χ1n) is 15.1. The summed E-state index contributed by atoms with van der Waals surface area (Å²) in [7, 11) is 0. The molecule has 6 rings (SSSR count). The molecule has 1 amide bonds. The summed E-state index contributed by atoms with van der Waals surface area (Å²) in [5.41, 5.74) is 8.79. The van der Waals surface area contributed by atoms with Crippen LogP contribution in [-0.4, -0.2) is 51.9 Å². The Bertz CT molecular complexity index is 1460. The minimum absolute atomic E-state index is 0.184. The number of rotatable bonds is 6. The van der Waals surface area contributed by atoms with E-state index < -0.39 is 0 Å². The molecule has 0 aliphatic carbocycles. The Hall–Kier alpha value is -3.44. The van der Waals surface area contributed by atoms with Gasteiger partial charge in [-0.25, -0.2) is 0 Å². The predicted octanol–water partition coefficient (Wildman–Crippen LogP) is 7.28. The van der Waals surface area contributed by atoms with Crippen LogP contribution in [-0.2, 0) is 11.3 Å². The Morgan fingerprint density at radius 1 is 0.950 bits per heavy atom. The normalized spacial score (nSPS) is 17.6. The number of carbonyl (C=O) groups is 1. The molecule has 0 bridgehead atoms. The zero-order valence-corrected chi connectivity index (χ0v) is 24.2. The maximum atomic E-state index is 13.4. The smallest absolute Gasteiger partial charge is 0.225 e. The number of H-pyrrole nitrogens is 1. The van der Waals surface area contributed by atoms with E-state index in [1.54, 1.807) is 0 Å². The highest BCUT2D eigenvalue weighted by Crippen LogP contribution is 2.38. The molecule has 0 saturated carbocycles. The van der Waals surface area contributed by atoms with Crippen LogP contribution in [0.3, 0.4) is 0 Å². The molecule has 0 radical (unpaired) electrons. The van der Waals surface area contributed by atoms with Crippen molar-refractivity contribution in [2.24, 2.45) is 5.92 Å². The van der Waals surface area contributed by atoms with Crippen LogP contribution in [0.25, 0.3) is 22.2 Å². The van der Waals surface area contributed by atoms with Gasteiger partial charge in [0.05, 0.1) is 5.69 Å². The fourth-order valence-corrected chi connectivity index (χ4v) is 6.88. The Kier molecular flexibility index (Phi) is 7.75. The number of nitrogens with zero attached hydrogens (tertiary/aromatic N) is 3. The SMILES string of the molecule is Cc1cc(-c2[nH]c3ccc(C4CCN(C(=O)C5CCN(Cc6ccccc6)CC5)CC4)cc3c2C(C)C)ccn1. The average Bonchev–Trinajstić information content (AvgIpc) is 3.37. The Labute approximate surface area is 238 Å². The minimum Gasteiger partial charge on any atom is -0.354 e. The predicted molar refractivity (Wildman–Crippen MR) is 163 cm³/mol. The molecule has 0 atom stereocenters. The molecule has 2 aliphatic heterocycles. The van der Waals surface area contributed by atoms with Crippen LogP contribution in [0.5, 0.6) is 0 Å². The summed E-state index contributed by atoms with van der Waals surface area (Å²) < 4.78 is 0. The molecule has 40 heavy (non-hydrogen) atoms. The molecule has 208 valence electrons. The van der Waals surface area contributed by atoms with Gasteiger partial charge in [0.1, 0.15) is 0 Å². The van der Waals surface area contributed by atoms with Crippen LogP contribution in [0.1, 0.15) is 73.8 Å². The molecule has 2 aromatic heterocycles. The summed E-state index contributed by atoms with van der Waals surface area (Å²) in [6.45, 7) is 11.4. The van der Waals surface area contributed by atoms with Crippen molar-refractivity contribution in [3.63, 3.8) is 0 Å². The number of pyridine rings is 1. The summed E-state index contributed by atoms with van der Waals surface area (Å²) in [6.07, 6.45) is 5.94. The Balaban J connectivity index is 1.09. The van der Waals surface area contributed by atoms with Gasteiger partial charge in [-0.15, -0.1) is 0 Å². The molecule has 2 aromatic carbocycles. The number of piperidine rings is 2. The van der Waals surface area contributed by atoms with Crippen molar-refractivity contribution >= 4 is 16.8 Å². The van der Waals surface area contributed by atoms with Crippen molar-refractivity contribution in [3.05, 3.63) is 89.2 Å². The number of benzene rings is 2. The lowest BCUT2D eigenvalue weighted by molar-refractivity contribution is -0.138. The van der Waals surface area contributed by atoms with E-state index in [9.17, 15) is 4.79 Å². The molecule has 4 aromatic rings. The molecule has 2 aliphatic rings. The molecule has 2 saturated heterocycles. The molecular weight excluding hydrogens is 492 g/mol. The van der Waals surface area contributed by atoms with E-state index in [-0.39, 0.29) is 5.92 Å². The van der Waals surface area contributed by atoms with Crippen molar-refractivity contribution in [3.8, 4) is 11.3 Å². The molecule has 4 heterocycles. The Morgan fingerprint density at radius 2 is 1.70 bits per heavy atom. The third kappa shape index (κ3) is 5.57. The van der Waals surface area contributed by atoms with Gasteiger partial charge in [0.25, 0.3) is 0 Å². The summed E-state index contributed by atoms with van der Waals surface area (Å²) >= 11 is 0. The Morgan fingerprint density at radius 3 is 2.40 bits per heavy atom. The summed E-state index contributed by atoms with van der Waals surface area (Å²) in [5.74, 6) is 1.48. The number of likely N-dealkylation sites (tertiary alicyclic amines) is 2. The van der Waals surface area contributed by atoms with Crippen molar-refractivity contribution in [2.45, 2.75) is 64.8 Å². The first-order valence-corrected chi connectivity index (χ1v) is 15.1. The van der Waals surface area contributed by atoms with Crippen LogP contribution in [0.2, 0.25) is 0 Å². The van der Waals surface area contributed by atoms with Crippen molar-refractivity contribution in [2.75, 3.05) is 26.2 Å². The van der Waals surface area contributed by atoms with Crippen molar-refractivity contribution in [1.82, 2.24) is 19.8 Å². The molecule has 2 fully saturated rings. The second kappa shape index (κ2) is 11.6. The lowest BCUT2D eigenvalue weighted by atomic mass is 9.86. The second-order valence-electron chi connectivity index (χ2n) is 12.2. The van der Waals surface area contributed by atoms with Gasteiger partial charge in [0, 0.05) is 53.9 Å². The van der Waals surface area contributed by atoms with E-state index >= 15 is 0 Å². The number of nitrogens with one attached hydrogen (secondary N) is 1. The number of aryl methyl sites for hydroxylation is 1. The summed E-state index contributed by atoms with van der Waals surface area (Å²) in [4.78, 5) is 26.2. The average molecular weight is 535 g/mol. The van der Waals surface area contributed by atoms with E-state index in [0.29, 0.717) is 17.7 Å². The van der Waals surface area contributed by atoms with Gasteiger partial charge in [-0.05, 0) is 98.5 Å². The van der Waals surface area contributed by atoms with E-state index in [1.807, 2.05) is 13.1 Å². The van der Waals surface area contributed by atoms with Crippen LogP contribution in [0, 0.1) is 12.8 Å². The first-order chi connectivity index (χ1) is 19.5. The van der Waals surface area contributed by atoms with E-state index in [2.05, 4.69) is 94.3 Å². The first kappa shape index (κ1) is 26.8. The third-order valence-corrected chi connectivity index (χ3v) is 9.09. The maximum Gasteiger partial charge on any atom is 0.225 e. The number of hydrogen-bond donors (Lipinski definition) is 1. The lowest BCUT2D eigenvalue weighted by Gasteiger charge is -2.37. The molecule has 5 nitrogen and oxygen atoms in total. The zero-order valence-electron chi connectivity index (χ0n) is 24.2. The minimum atomic E-state index is 0.184. The quantitative estimate of drug-likeness (QED) is 0.283. The number of hydrogen-bond acceptors (Lipinski definition) is 3. The van der Waals surface area contributed by atoms with Gasteiger partial charge >= 0.3 is 0 Å². The fraction of sp³-hybridized carbons (Fsp3) is 0.429. The monoisotopic (exact) mass is 534 g/mol.